The maximum atomic E-state index is 13.2. The van der Waals surface area contributed by atoms with Crippen molar-refractivity contribution in [2.45, 2.75) is 31.2 Å². The Kier molecular flexibility index (Phi) is 2.01. The highest BCUT2D eigenvalue weighted by Crippen LogP contribution is 2.35. The van der Waals surface area contributed by atoms with Crippen molar-refractivity contribution in [2.75, 3.05) is 0 Å². The quantitative estimate of drug-likeness (QED) is 0.799. The van der Waals surface area contributed by atoms with E-state index in [-0.39, 0.29) is 11.4 Å². The van der Waals surface area contributed by atoms with Gasteiger partial charge in [-0.15, -0.1) is 0 Å². The van der Waals surface area contributed by atoms with Crippen molar-refractivity contribution in [3.63, 3.8) is 0 Å². The second kappa shape index (κ2) is 3.28. The van der Waals surface area contributed by atoms with Gasteiger partial charge in [0.25, 0.3) is 0 Å². The highest BCUT2D eigenvalue weighted by atomic mass is 19.1. The average molecular weight is 219 g/mol. The Balaban J connectivity index is 2.19. The Morgan fingerprint density at radius 3 is 2.81 bits per heavy atom. The van der Waals surface area contributed by atoms with Crippen LogP contribution in [0.15, 0.2) is 24.5 Å². The van der Waals surface area contributed by atoms with Crippen LogP contribution in [0.2, 0.25) is 0 Å². The van der Waals surface area contributed by atoms with Crippen LogP contribution in [0.1, 0.15) is 31.5 Å². The van der Waals surface area contributed by atoms with Crippen molar-refractivity contribution in [1.82, 2.24) is 9.38 Å². The van der Waals surface area contributed by atoms with Gasteiger partial charge in [0.15, 0.2) is 0 Å². The molecule has 2 aromatic heterocycles. The molecule has 3 rings (SSSR count). The third-order valence-corrected chi connectivity index (χ3v) is 3.43. The van der Waals surface area contributed by atoms with Gasteiger partial charge in [0.2, 0.25) is 0 Å². The van der Waals surface area contributed by atoms with Crippen molar-refractivity contribution in [3.8, 4) is 0 Å². The highest BCUT2D eigenvalue weighted by Gasteiger charge is 2.34. The van der Waals surface area contributed by atoms with E-state index in [1.165, 1.54) is 12.3 Å². The Labute approximate surface area is 93.1 Å². The molecule has 4 heteroatoms. The number of hydrogen-bond donors (Lipinski definition) is 1. The van der Waals surface area contributed by atoms with Crippen LogP contribution in [0.3, 0.4) is 0 Å². The first-order chi connectivity index (χ1) is 7.69. The van der Waals surface area contributed by atoms with Gasteiger partial charge in [-0.25, -0.2) is 9.37 Å². The predicted octanol–water partition coefficient (Wildman–Crippen LogP) is 2.20. The van der Waals surface area contributed by atoms with E-state index < -0.39 is 0 Å². The molecular formula is C12H14FN3. The first-order valence-corrected chi connectivity index (χ1v) is 5.61. The van der Waals surface area contributed by atoms with Crippen LogP contribution in [0.4, 0.5) is 4.39 Å². The smallest absolute Gasteiger partial charge is 0.139 e. The fraction of sp³-hybridized carbons (Fsp3) is 0.417. The number of imidazole rings is 1. The van der Waals surface area contributed by atoms with Gasteiger partial charge < -0.3 is 5.73 Å². The molecule has 0 radical (unpaired) electrons. The Hall–Kier alpha value is -1.42. The summed E-state index contributed by atoms with van der Waals surface area (Å²) in [5, 5.41) is 0. The van der Waals surface area contributed by atoms with Gasteiger partial charge in [0.1, 0.15) is 11.6 Å². The van der Waals surface area contributed by atoms with Gasteiger partial charge in [0.05, 0.1) is 17.3 Å². The normalized spacial score (nSPS) is 19.4. The average Bonchev–Trinajstić information content (AvgIpc) is 2.84. The van der Waals surface area contributed by atoms with Crippen LogP contribution in [0.5, 0.6) is 0 Å². The summed E-state index contributed by atoms with van der Waals surface area (Å²) in [6.45, 7) is 0. The van der Waals surface area contributed by atoms with Crippen LogP contribution in [0.25, 0.3) is 5.52 Å². The summed E-state index contributed by atoms with van der Waals surface area (Å²) in [5.74, 6) is 0.535. The third kappa shape index (κ3) is 1.33. The van der Waals surface area contributed by atoms with Crippen molar-refractivity contribution >= 4 is 5.52 Å². The van der Waals surface area contributed by atoms with E-state index in [0.717, 1.165) is 37.0 Å². The summed E-state index contributed by atoms with van der Waals surface area (Å²) in [7, 11) is 0. The lowest BCUT2D eigenvalue weighted by Crippen LogP contribution is -2.35. The summed E-state index contributed by atoms with van der Waals surface area (Å²) in [5.41, 5.74) is 6.86. The van der Waals surface area contributed by atoms with E-state index in [2.05, 4.69) is 4.98 Å². The van der Waals surface area contributed by atoms with Crippen molar-refractivity contribution < 1.29 is 4.39 Å². The molecular weight excluding hydrogens is 205 g/mol. The van der Waals surface area contributed by atoms with Gasteiger partial charge in [-0.1, -0.05) is 12.8 Å². The highest BCUT2D eigenvalue weighted by molar-refractivity contribution is 5.46. The number of nitrogens with zero attached hydrogens (tertiary/aromatic N) is 2. The minimum Gasteiger partial charge on any atom is -0.319 e. The topological polar surface area (TPSA) is 43.3 Å². The fourth-order valence-corrected chi connectivity index (χ4v) is 2.56. The van der Waals surface area contributed by atoms with E-state index in [0.29, 0.717) is 0 Å². The molecule has 0 unspecified atom stereocenters. The molecule has 3 nitrogen and oxygen atoms in total. The standard InChI is InChI=1S/C12H14FN3/c13-9-3-4-10-7-15-11(16(10)8-9)12(14)5-1-2-6-12/h3-4,7-8H,1-2,5-6,14H2. The number of rotatable bonds is 1. The van der Waals surface area contributed by atoms with Crippen LogP contribution < -0.4 is 5.73 Å². The second-order valence-corrected chi connectivity index (χ2v) is 4.59. The van der Waals surface area contributed by atoms with Gasteiger partial charge in [-0.3, -0.25) is 4.40 Å². The van der Waals surface area contributed by atoms with Gasteiger partial charge in [-0.2, -0.15) is 0 Å². The fourth-order valence-electron chi connectivity index (χ4n) is 2.56. The molecule has 16 heavy (non-hydrogen) atoms. The zero-order valence-electron chi connectivity index (χ0n) is 8.99. The molecule has 0 aliphatic heterocycles. The minimum absolute atomic E-state index is 0.256. The first-order valence-electron chi connectivity index (χ1n) is 5.61. The van der Waals surface area contributed by atoms with Crippen LogP contribution in [0, 0.1) is 5.82 Å². The molecule has 1 aliphatic carbocycles. The Bertz CT molecular complexity index is 526. The van der Waals surface area contributed by atoms with Crippen LogP contribution in [-0.4, -0.2) is 9.38 Å². The van der Waals surface area contributed by atoms with Crippen LogP contribution in [-0.2, 0) is 5.54 Å². The molecule has 0 amide bonds. The van der Waals surface area contributed by atoms with Crippen molar-refractivity contribution in [3.05, 3.63) is 36.2 Å². The molecule has 2 aromatic rings. The number of fused-ring (bicyclic) bond motifs is 1. The summed E-state index contributed by atoms with van der Waals surface area (Å²) in [6.07, 6.45) is 7.33. The first kappa shape index (κ1) is 9.78. The molecule has 0 aromatic carbocycles. The molecule has 1 aliphatic rings. The zero-order chi connectivity index (χ0) is 11.2. The van der Waals surface area contributed by atoms with E-state index >= 15 is 0 Å². The summed E-state index contributed by atoms with van der Waals surface area (Å²) < 4.78 is 15.0. The molecule has 2 N–H and O–H groups in total. The lowest BCUT2D eigenvalue weighted by molar-refractivity contribution is 0.428. The number of halogens is 1. The molecule has 84 valence electrons. The maximum Gasteiger partial charge on any atom is 0.139 e. The number of hydrogen-bond acceptors (Lipinski definition) is 2. The summed E-state index contributed by atoms with van der Waals surface area (Å²) in [4.78, 5) is 4.36. The second-order valence-electron chi connectivity index (χ2n) is 4.59. The lowest BCUT2D eigenvalue weighted by Gasteiger charge is -2.21. The van der Waals surface area contributed by atoms with E-state index in [1.807, 2.05) is 0 Å². The van der Waals surface area contributed by atoms with Gasteiger partial charge in [0, 0.05) is 6.20 Å². The SMILES string of the molecule is NC1(c2ncc3ccc(F)cn23)CCCC1. The number of nitrogens with two attached hydrogens (primary N) is 1. The van der Waals surface area contributed by atoms with Crippen molar-refractivity contribution in [2.24, 2.45) is 5.73 Å². The van der Waals surface area contributed by atoms with Crippen LogP contribution >= 0.6 is 0 Å². The molecule has 1 saturated carbocycles. The molecule has 2 heterocycles. The summed E-state index contributed by atoms with van der Waals surface area (Å²) in [6, 6.07) is 3.17. The van der Waals surface area contributed by atoms with Gasteiger partial charge in [-0.05, 0) is 25.0 Å². The zero-order valence-corrected chi connectivity index (χ0v) is 8.99. The van der Waals surface area contributed by atoms with Gasteiger partial charge >= 0.3 is 0 Å². The third-order valence-electron chi connectivity index (χ3n) is 3.43. The monoisotopic (exact) mass is 219 g/mol. The maximum absolute atomic E-state index is 13.2. The Morgan fingerprint density at radius 2 is 2.06 bits per heavy atom. The number of aromatic nitrogens is 2. The molecule has 1 fully saturated rings. The lowest BCUT2D eigenvalue weighted by atomic mass is 9.98. The molecule has 0 bridgehead atoms. The minimum atomic E-state index is -0.375. The molecule has 0 spiro atoms. The Morgan fingerprint density at radius 1 is 1.31 bits per heavy atom. The van der Waals surface area contributed by atoms with E-state index in [9.17, 15) is 4.39 Å². The largest absolute Gasteiger partial charge is 0.319 e. The van der Waals surface area contributed by atoms with E-state index in [4.69, 9.17) is 5.73 Å². The number of pyridine rings is 1. The molecule has 0 atom stereocenters. The predicted molar refractivity (Wildman–Crippen MR) is 59.5 cm³/mol. The van der Waals surface area contributed by atoms with Crippen molar-refractivity contribution in [1.29, 1.82) is 0 Å². The van der Waals surface area contributed by atoms with E-state index in [1.54, 1.807) is 16.7 Å². The molecule has 0 saturated heterocycles. The summed E-state index contributed by atoms with van der Waals surface area (Å²) >= 11 is 0.